The molecular formula is C16H25FN2O. The first kappa shape index (κ1) is 15.3. The van der Waals surface area contributed by atoms with Crippen molar-refractivity contribution in [2.24, 2.45) is 11.7 Å². The van der Waals surface area contributed by atoms with Crippen LogP contribution in [0.1, 0.15) is 37.8 Å². The highest BCUT2D eigenvalue weighted by atomic mass is 19.1. The maximum Gasteiger partial charge on any atom is 0.165 e. The molecule has 0 radical (unpaired) electrons. The van der Waals surface area contributed by atoms with Crippen LogP contribution >= 0.6 is 0 Å². The molecule has 0 spiro atoms. The maximum atomic E-state index is 13.8. The van der Waals surface area contributed by atoms with Gasteiger partial charge in [0.2, 0.25) is 0 Å². The molecule has 4 heteroatoms. The SMILES string of the molecule is CCC1CCN(C(CN)c2ccc(OC)c(F)c2)CC1. The van der Waals surface area contributed by atoms with Gasteiger partial charge >= 0.3 is 0 Å². The van der Waals surface area contributed by atoms with Gasteiger partial charge in [0, 0.05) is 12.6 Å². The predicted octanol–water partition coefficient (Wildman–Crippen LogP) is 2.96. The minimum atomic E-state index is -0.313. The van der Waals surface area contributed by atoms with Crippen LogP contribution in [0.2, 0.25) is 0 Å². The summed E-state index contributed by atoms with van der Waals surface area (Å²) < 4.78 is 18.8. The fraction of sp³-hybridized carbons (Fsp3) is 0.625. The van der Waals surface area contributed by atoms with E-state index in [1.54, 1.807) is 12.1 Å². The monoisotopic (exact) mass is 280 g/mol. The molecule has 1 aromatic carbocycles. The van der Waals surface area contributed by atoms with E-state index in [2.05, 4.69) is 11.8 Å². The lowest BCUT2D eigenvalue weighted by Gasteiger charge is -2.37. The van der Waals surface area contributed by atoms with E-state index in [0.29, 0.717) is 6.54 Å². The van der Waals surface area contributed by atoms with Gasteiger partial charge in [-0.05, 0) is 49.5 Å². The lowest BCUT2D eigenvalue weighted by atomic mass is 9.92. The highest BCUT2D eigenvalue weighted by molar-refractivity contribution is 5.31. The van der Waals surface area contributed by atoms with E-state index >= 15 is 0 Å². The van der Waals surface area contributed by atoms with Crippen molar-refractivity contribution < 1.29 is 9.13 Å². The van der Waals surface area contributed by atoms with Crippen molar-refractivity contribution in [3.63, 3.8) is 0 Å². The number of benzene rings is 1. The van der Waals surface area contributed by atoms with Gasteiger partial charge in [-0.15, -0.1) is 0 Å². The van der Waals surface area contributed by atoms with Crippen LogP contribution in [0.15, 0.2) is 18.2 Å². The van der Waals surface area contributed by atoms with Crippen LogP contribution in [0.4, 0.5) is 4.39 Å². The van der Waals surface area contributed by atoms with Gasteiger partial charge in [0.05, 0.1) is 7.11 Å². The van der Waals surface area contributed by atoms with Gasteiger partial charge in [0.25, 0.3) is 0 Å². The number of halogens is 1. The predicted molar refractivity (Wildman–Crippen MR) is 79.3 cm³/mol. The third-order valence-corrected chi connectivity index (χ3v) is 4.45. The molecule has 1 fully saturated rings. The summed E-state index contributed by atoms with van der Waals surface area (Å²) in [6, 6.07) is 5.27. The second kappa shape index (κ2) is 7.04. The van der Waals surface area contributed by atoms with Crippen LogP contribution in [0.5, 0.6) is 5.75 Å². The molecule has 1 unspecified atom stereocenters. The van der Waals surface area contributed by atoms with E-state index < -0.39 is 0 Å². The largest absolute Gasteiger partial charge is 0.494 e. The zero-order valence-corrected chi connectivity index (χ0v) is 12.4. The molecule has 0 aromatic heterocycles. The molecule has 3 nitrogen and oxygen atoms in total. The Labute approximate surface area is 120 Å². The highest BCUT2D eigenvalue weighted by Gasteiger charge is 2.25. The number of nitrogens with two attached hydrogens (primary N) is 1. The number of hydrogen-bond acceptors (Lipinski definition) is 3. The average Bonchev–Trinajstić information content (AvgIpc) is 2.49. The summed E-state index contributed by atoms with van der Waals surface area (Å²) >= 11 is 0. The number of methoxy groups -OCH3 is 1. The number of piperidine rings is 1. The molecule has 1 heterocycles. The number of nitrogens with zero attached hydrogens (tertiary/aromatic N) is 1. The summed E-state index contributed by atoms with van der Waals surface area (Å²) in [6.45, 7) is 4.87. The van der Waals surface area contributed by atoms with Crippen LogP contribution in [0, 0.1) is 11.7 Å². The topological polar surface area (TPSA) is 38.5 Å². The maximum absolute atomic E-state index is 13.8. The van der Waals surface area contributed by atoms with Gasteiger partial charge in [-0.1, -0.05) is 19.4 Å². The molecule has 1 aliphatic rings. The fourth-order valence-electron chi connectivity index (χ4n) is 3.06. The van der Waals surface area contributed by atoms with Gasteiger partial charge in [0.15, 0.2) is 11.6 Å². The molecule has 2 N–H and O–H groups in total. The third-order valence-electron chi connectivity index (χ3n) is 4.45. The molecule has 0 aliphatic carbocycles. The van der Waals surface area contributed by atoms with Gasteiger partial charge in [0.1, 0.15) is 0 Å². The standard InChI is InChI=1S/C16H25FN2O/c1-3-12-6-8-19(9-7-12)15(11-18)13-4-5-16(20-2)14(17)10-13/h4-5,10,12,15H,3,6-9,11,18H2,1-2H3. The van der Waals surface area contributed by atoms with Gasteiger partial charge < -0.3 is 10.5 Å². The summed E-state index contributed by atoms with van der Waals surface area (Å²) in [5.41, 5.74) is 6.87. The van der Waals surface area contributed by atoms with E-state index in [9.17, 15) is 4.39 Å². The summed E-state index contributed by atoms with van der Waals surface area (Å²) in [5, 5.41) is 0. The smallest absolute Gasteiger partial charge is 0.165 e. The van der Waals surface area contributed by atoms with Crippen molar-refractivity contribution in [3.05, 3.63) is 29.6 Å². The summed E-state index contributed by atoms with van der Waals surface area (Å²) in [4.78, 5) is 2.38. The van der Waals surface area contributed by atoms with Crippen molar-refractivity contribution in [1.29, 1.82) is 0 Å². The van der Waals surface area contributed by atoms with Gasteiger partial charge in [-0.2, -0.15) is 0 Å². The summed E-state index contributed by atoms with van der Waals surface area (Å²) in [6.07, 6.45) is 3.68. The van der Waals surface area contributed by atoms with Crippen molar-refractivity contribution in [1.82, 2.24) is 4.90 Å². The van der Waals surface area contributed by atoms with E-state index in [1.165, 1.54) is 26.4 Å². The Morgan fingerprint density at radius 1 is 1.40 bits per heavy atom. The Hall–Kier alpha value is -1.13. The summed E-state index contributed by atoms with van der Waals surface area (Å²) in [5.74, 6) is 0.804. The minimum absolute atomic E-state index is 0.105. The van der Waals surface area contributed by atoms with Gasteiger partial charge in [-0.25, -0.2) is 4.39 Å². The molecule has 20 heavy (non-hydrogen) atoms. The Morgan fingerprint density at radius 3 is 2.60 bits per heavy atom. The molecular weight excluding hydrogens is 255 g/mol. The van der Waals surface area contributed by atoms with E-state index in [-0.39, 0.29) is 17.6 Å². The lowest BCUT2D eigenvalue weighted by Crippen LogP contribution is -2.39. The van der Waals surface area contributed by atoms with Gasteiger partial charge in [-0.3, -0.25) is 4.90 Å². The number of likely N-dealkylation sites (tertiary alicyclic amines) is 1. The molecule has 0 amide bonds. The Morgan fingerprint density at radius 2 is 2.10 bits per heavy atom. The molecule has 1 atom stereocenters. The van der Waals surface area contributed by atoms with Crippen molar-refractivity contribution >= 4 is 0 Å². The second-order valence-electron chi connectivity index (χ2n) is 5.53. The van der Waals surface area contributed by atoms with E-state index in [0.717, 1.165) is 24.6 Å². The lowest BCUT2D eigenvalue weighted by molar-refractivity contribution is 0.133. The first-order valence-electron chi connectivity index (χ1n) is 7.47. The van der Waals surface area contributed by atoms with Crippen molar-refractivity contribution in [3.8, 4) is 5.75 Å². The first-order valence-corrected chi connectivity index (χ1v) is 7.47. The van der Waals surface area contributed by atoms with Crippen LogP contribution < -0.4 is 10.5 Å². The zero-order valence-electron chi connectivity index (χ0n) is 12.4. The van der Waals surface area contributed by atoms with Crippen LogP contribution in [0.25, 0.3) is 0 Å². The minimum Gasteiger partial charge on any atom is -0.494 e. The molecule has 1 aliphatic heterocycles. The number of hydrogen-bond donors (Lipinski definition) is 1. The van der Waals surface area contributed by atoms with Crippen LogP contribution in [0.3, 0.4) is 0 Å². The normalized spacial score (nSPS) is 19.0. The highest BCUT2D eigenvalue weighted by Crippen LogP contribution is 2.29. The fourth-order valence-corrected chi connectivity index (χ4v) is 3.06. The molecule has 1 aromatic rings. The molecule has 2 rings (SSSR count). The van der Waals surface area contributed by atoms with Crippen molar-refractivity contribution in [2.75, 3.05) is 26.7 Å². The van der Waals surface area contributed by atoms with Crippen molar-refractivity contribution in [2.45, 2.75) is 32.2 Å². The molecule has 112 valence electrons. The van der Waals surface area contributed by atoms with Crippen LogP contribution in [-0.4, -0.2) is 31.6 Å². The van der Waals surface area contributed by atoms with Crippen LogP contribution in [-0.2, 0) is 0 Å². The average molecular weight is 280 g/mol. The zero-order chi connectivity index (χ0) is 14.5. The Balaban J connectivity index is 2.10. The summed E-state index contributed by atoms with van der Waals surface area (Å²) in [7, 11) is 1.48. The van der Waals surface area contributed by atoms with E-state index in [1.807, 2.05) is 6.07 Å². The first-order chi connectivity index (χ1) is 9.69. The molecule has 1 saturated heterocycles. The quantitative estimate of drug-likeness (QED) is 0.901. The third kappa shape index (κ3) is 3.30. The molecule has 0 saturated carbocycles. The van der Waals surface area contributed by atoms with E-state index in [4.69, 9.17) is 10.5 Å². The Bertz CT molecular complexity index is 430. The molecule has 0 bridgehead atoms. The number of rotatable bonds is 5. The Kier molecular flexibility index (Phi) is 5.38. The number of ether oxygens (including phenoxy) is 1. The second-order valence-corrected chi connectivity index (χ2v) is 5.53.